The molecule has 0 aromatic heterocycles. The van der Waals surface area contributed by atoms with E-state index in [1.54, 1.807) is 0 Å². The average molecular weight is 324 g/mol. The van der Waals surface area contributed by atoms with Crippen LogP contribution in [-0.4, -0.2) is 43.0 Å². The second kappa shape index (κ2) is 7.95. The van der Waals surface area contributed by atoms with Crippen LogP contribution in [0.5, 0.6) is 0 Å². The van der Waals surface area contributed by atoms with Crippen LogP contribution in [0, 0.1) is 0 Å². The van der Waals surface area contributed by atoms with Crippen molar-refractivity contribution < 1.29 is 4.79 Å². The third-order valence-corrected chi connectivity index (χ3v) is 4.77. The minimum Gasteiger partial charge on any atom is -0.348 e. The molecule has 0 saturated carbocycles. The molecule has 1 saturated heterocycles. The van der Waals surface area contributed by atoms with Crippen LogP contribution < -0.4 is 10.6 Å². The number of hydrogen-bond donors (Lipinski definition) is 2. The molecule has 22 heavy (non-hydrogen) atoms. The number of likely N-dealkylation sites (tertiary alicyclic amines) is 1. The van der Waals surface area contributed by atoms with E-state index in [2.05, 4.69) is 15.5 Å². The van der Waals surface area contributed by atoms with Gasteiger partial charge in [-0.05, 0) is 58.0 Å². The van der Waals surface area contributed by atoms with Crippen LogP contribution >= 0.6 is 11.6 Å². The minimum atomic E-state index is -0.106. The zero-order valence-corrected chi connectivity index (χ0v) is 14.4. The standard InChI is InChI=1S/C17H26ClN3O/c1-12(14-6-8-15(18)9-7-14)20-17(22)13(2)21-10-4-5-16(11-21)19-3/h6-9,12-13,16,19H,4-5,10-11H2,1-3H3,(H,20,22). The van der Waals surface area contributed by atoms with Gasteiger partial charge in [-0.25, -0.2) is 0 Å². The zero-order chi connectivity index (χ0) is 16.1. The van der Waals surface area contributed by atoms with Crippen LogP contribution in [0.15, 0.2) is 24.3 Å². The summed E-state index contributed by atoms with van der Waals surface area (Å²) in [6.07, 6.45) is 2.32. The highest BCUT2D eigenvalue weighted by Gasteiger charge is 2.27. The van der Waals surface area contributed by atoms with Crippen molar-refractivity contribution in [2.24, 2.45) is 0 Å². The molecule has 2 N–H and O–H groups in total. The van der Waals surface area contributed by atoms with Crippen LogP contribution in [0.3, 0.4) is 0 Å². The van der Waals surface area contributed by atoms with Crippen molar-refractivity contribution in [3.05, 3.63) is 34.9 Å². The van der Waals surface area contributed by atoms with Gasteiger partial charge in [0, 0.05) is 17.6 Å². The maximum Gasteiger partial charge on any atom is 0.237 e. The lowest BCUT2D eigenvalue weighted by molar-refractivity contribution is -0.127. The predicted octanol–water partition coefficient (Wildman–Crippen LogP) is 2.59. The Bertz CT molecular complexity index is 491. The van der Waals surface area contributed by atoms with E-state index in [1.807, 2.05) is 45.2 Å². The second-order valence-electron chi connectivity index (χ2n) is 6.08. The Morgan fingerprint density at radius 1 is 1.32 bits per heavy atom. The molecule has 1 aliphatic rings. The minimum absolute atomic E-state index is 0.0166. The smallest absolute Gasteiger partial charge is 0.237 e. The largest absolute Gasteiger partial charge is 0.348 e. The van der Waals surface area contributed by atoms with Gasteiger partial charge < -0.3 is 10.6 Å². The molecule has 3 unspecified atom stereocenters. The lowest BCUT2D eigenvalue weighted by Crippen LogP contribution is -2.52. The maximum atomic E-state index is 12.5. The van der Waals surface area contributed by atoms with Gasteiger partial charge in [-0.2, -0.15) is 0 Å². The summed E-state index contributed by atoms with van der Waals surface area (Å²) < 4.78 is 0. The fraction of sp³-hybridized carbons (Fsp3) is 0.588. The molecular formula is C17H26ClN3O. The highest BCUT2D eigenvalue weighted by Crippen LogP contribution is 2.17. The summed E-state index contributed by atoms with van der Waals surface area (Å²) in [4.78, 5) is 14.7. The van der Waals surface area contributed by atoms with E-state index < -0.39 is 0 Å². The van der Waals surface area contributed by atoms with E-state index in [0.717, 1.165) is 25.1 Å². The van der Waals surface area contributed by atoms with Crippen LogP contribution in [0.1, 0.15) is 38.3 Å². The Kier molecular flexibility index (Phi) is 6.24. The number of hydrogen-bond acceptors (Lipinski definition) is 3. The fourth-order valence-electron chi connectivity index (χ4n) is 2.93. The number of carbonyl (C=O) groups excluding carboxylic acids is 1. The van der Waals surface area contributed by atoms with Gasteiger partial charge in [0.25, 0.3) is 0 Å². The van der Waals surface area contributed by atoms with Crippen LogP contribution in [0.4, 0.5) is 0 Å². The summed E-state index contributed by atoms with van der Waals surface area (Å²) in [7, 11) is 1.99. The molecule has 0 spiro atoms. The number of nitrogens with one attached hydrogen (secondary N) is 2. The summed E-state index contributed by atoms with van der Waals surface area (Å²) in [6, 6.07) is 7.97. The third-order valence-electron chi connectivity index (χ3n) is 4.52. The van der Waals surface area contributed by atoms with Gasteiger partial charge in [-0.15, -0.1) is 0 Å². The summed E-state index contributed by atoms with van der Waals surface area (Å²) in [5.74, 6) is 0.0826. The molecule has 1 fully saturated rings. The third kappa shape index (κ3) is 4.45. The van der Waals surface area contributed by atoms with Gasteiger partial charge in [0.1, 0.15) is 0 Å². The number of carbonyl (C=O) groups is 1. The van der Waals surface area contributed by atoms with Crippen molar-refractivity contribution in [3.8, 4) is 0 Å². The lowest BCUT2D eigenvalue weighted by atomic mass is 10.0. The van der Waals surface area contributed by atoms with E-state index in [-0.39, 0.29) is 18.0 Å². The number of rotatable bonds is 5. The molecule has 122 valence electrons. The summed E-state index contributed by atoms with van der Waals surface area (Å²) in [6.45, 7) is 5.91. The molecule has 1 aliphatic heterocycles. The van der Waals surface area contributed by atoms with E-state index in [9.17, 15) is 4.79 Å². The molecule has 0 aliphatic carbocycles. The van der Waals surface area contributed by atoms with E-state index >= 15 is 0 Å². The first kappa shape index (κ1) is 17.3. The van der Waals surface area contributed by atoms with Crippen molar-refractivity contribution >= 4 is 17.5 Å². The van der Waals surface area contributed by atoms with Gasteiger partial charge in [0.2, 0.25) is 5.91 Å². The SMILES string of the molecule is CNC1CCCN(C(C)C(=O)NC(C)c2ccc(Cl)cc2)C1. The molecule has 1 amide bonds. The fourth-order valence-corrected chi connectivity index (χ4v) is 3.05. The topological polar surface area (TPSA) is 44.4 Å². The predicted molar refractivity (Wildman–Crippen MR) is 91.1 cm³/mol. The summed E-state index contributed by atoms with van der Waals surface area (Å²) >= 11 is 5.90. The van der Waals surface area contributed by atoms with Gasteiger partial charge >= 0.3 is 0 Å². The number of benzene rings is 1. The highest BCUT2D eigenvalue weighted by atomic mass is 35.5. The number of likely N-dealkylation sites (N-methyl/N-ethyl adjacent to an activating group) is 1. The first-order valence-electron chi connectivity index (χ1n) is 7.98. The monoisotopic (exact) mass is 323 g/mol. The Hall–Kier alpha value is -1.10. The molecule has 3 atom stereocenters. The highest BCUT2D eigenvalue weighted by molar-refractivity contribution is 6.30. The van der Waals surface area contributed by atoms with Crippen molar-refractivity contribution in [2.45, 2.75) is 44.8 Å². The summed E-state index contributed by atoms with van der Waals surface area (Å²) in [5.41, 5.74) is 1.07. The Morgan fingerprint density at radius 3 is 2.64 bits per heavy atom. The molecule has 2 rings (SSSR count). The quantitative estimate of drug-likeness (QED) is 0.875. The van der Waals surface area contributed by atoms with Gasteiger partial charge in [0.15, 0.2) is 0 Å². The van der Waals surface area contributed by atoms with Crippen molar-refractivity contribution in [3.63, 3.8) is 0 Å². The zero-order valence-electron chi connectivity index (χ0n) is 13.6. The lowest BCUT2D eigenvalue weighted by Gasteiger charge is -2.36. The average Bonchev–Trinajstić information content (AvgIpc) is 2.54. The van der Waals surface area contributed by atoms with E-state index in [1.165, 1.54) is 6.42 Å². The van der Waals surface area contributed by atoms with Crippen LogP contribution in [0.2, 0.25) is 5.02 Å². The van der Waals surface area contributed by atoms with Gasteiger partial charge in [0.05, 0.1) is 12.1 Å². The maximum absolute atomic E-state index is 12.5. The van der Waals surface area contributed by atoms with Crippen LogP contribution in [-0.2, 0) is 4.79 Å². The molecule has 5 heteroatoms. The number of amides is 1. The van der Waals surface area contributed by atoms with Crippen molar-refractivity contribution in [1.82, 2.24) is 15.5 Å². The summed E-state index contributed by atoms with van der Waals surface area (Å²) in [5, 5.41) is 7.13. The molecule has 0 bridgehead atoms. The normalized spacial score (nSPS) is 22.1. The Labute approximate surface area is 138 Å². The molecular weight excluding hydrogens is 298 g/mol. The first-order chi connectivity index (χ1) is 10.5. The molecule has 1 aromatic carbocycles. The Morgan fingerprint density at radius 2 is 2.00 bits per heavy atom. The van der Waals surface area contributed by atoms with E-state index in [4.69, 9.17) is 11.6 Å². The number of nitrogens with zero attached hydrogens (tertiary/aromatic N) is 1. The van der Waals surface area contributed by atoms with Crippen LogP contribution in [0.25, 0.3) is 0 Å². The first-order valence-corrected chi connectivity index (χ1v) is 8.36. The van der Waals surface area contributed by atoms with Gasteiger partial charge in [-0.1, -0.05) is 23.7 Å². The molecule has 1 heterocycles. The van der Waals surface area contributed by atoms with Crippen molar-refractivity contribution in [1.29, 1.82) is 0 Å². The molecule has 1 aromatic rings. The van der Waals surface area contributed by atoms with Crippen molar-refractivity contribution in [2.75, 3.05) is 20.1 Å². The number of halogens is 1. The molecule has 0 radical (unpaired) electrons. The number of piperidine rings is 1. The van der Waals surface area contributed by atoms with E-state index in [0.29, 0.717) is 11.1 Å². The Balaban J connectivity index is 1.91. The van der Waals surface area contributed by atoms with Gasteiger partial charge in [-0.3, -0.25) is 9.69 Å². The second-order valence-corrected chi connectivity index (χ2v) is 6.52. The molecule has 4 nitrogen and oxygen atoms in total.